The largest absolute Gasteiger partial charge is 0.339 e. The maximum atomic E-state index is 12.5. The molecule has 2 saturated heterocycles. The number of carbonyl (C=O) groups is 3. The molecule has 2 aliphatic rings. The van der Waals surface area contributed by atoms with Crippen molar-refractivity contribution < 1.29 is 14.4 Å². The van der Waals surface area contributed by atoms with Gasteiger partial charge in [-0.15, -0.1) is 0 Å². The van der Waals surface area contributed by atoms with E-state index < -0.39 is 11.8 Å². The molecule has 0 spiro atoms. The molecule has 7 heteroatoms. The Morgan fingerprint density at radius 1 is 0.786 bits per heavy atom. The molecule has 0 saturated carbocycles. The average Bonchev–Trinajstić information content (AvgIpc) is 2.74. The molecule has 28 heavy (non-hydrogen) atoms. The predicted molar refractivity (Wildman–Crippen MR) is 107 cm³/mol. The van der Waals surface area contributed by atoms with Gasteiger partial charge in [0.25, 0.3) is 0 Å². The second kappa shape index (κ2) is 9.50. The van der Waals surface area contributed by atoms with Gasteiger partial charge in [-0.1, -0.05) is 42.5 Å². The lowest BCUT2D eigenvalue weighted by atomic mass is 10.2. The highest BCUT2D eigenvalue weighted by atomic mass is 16.2. The zero-order valence-corrected chi connectivity index (χ0v) is 16.4. The van der Waals surface area contributed by atoms with Gasteiger partial charge in [-0.05, 0) is 5.56 Å². The van der Waals surface area contributed by atoms with Crippen molar-refractivity contribution >= 4 is 23.8 Å². The summed E-state index contributed by atoms with van der Waals surface area (Å²) >= 11 is 0. The van der Waals surface area contributed by atoms with Crippen LogP contribution < -0.4 is 0 Å². The van der Waals surface area contributed by atoms with Gasteiger partial charge in [0.2, 0.25) is 5.91 Å². The first-order chi connectivity index (χ1) is 13.5. The van der Waals surface area contributed by atoms with Gasteiger partial charge in [-0.3, -0.25) is 19.3 Å². The molecular formula is C21H28N4O3. The molecule has 3 rings (SSSR count). The van der Waals surface area contributed by atoms with E-state index in [-0.39, 0.29) is 5.91 Å². The summed E-state index contributed by atoms with van der Waals surface area (Å²) in [6, 6.07) is 10.2. The predicted octanol–water partition coefficient (Wildman–Crippen LogP) is 0.535. The molecule has 2 aliphatic heterocycles. The second-order valence-electron chi connectivity index (χ2n) is 7.20. The van der Waals surface area contributed by atoms with E-state index in [9.17, 15) is 14.4 Å². The number of hydrogen-bond acceptors (Lipinski definition) is 4. The van der Waals surface area contributed by atoms with Crippen LogP contribution in [-0.2, 0) is 14.4 Å². The zero-order valence-electron chi connectivity index (χ0n) is 16.4. The summed E-state index contributed by atoms with van der Waals surface area (Å²) in [5, 5.41) is 0. The number of rotatable bonds is 3. The van der Waals surface area contributed by atoms with Crippen LogP contribution in [0, 0.1) is 0 Å². The molecule has 0 atom stereocenters. The smallest absolute Gasteiger partial charge is 0.312 e. The first-order valence-electron chi connectivity index (χ1n) is 9.82. The van der Waals surface area contributed by atoms with E-state index in [0.717, 1.165) is 19.6 Å². The molecule has 7 nitrogen and oxygen atoms in total. The van der Waals surface area contributed by atoms with Crippen LogP contribution in [0.2, 0.25) is 0 Å². The van der Waals surface area contributed by atoms with Crippen molar-refractivity contribution in [3.63, 3.8) is 0 Å². The van der Waals surface area contributed by atoms with Gasteiger partial charge in [0.15, 0.2) is 0 Å². The van der Waals surface area contributed by atoms with Gasteiger partial charge in [0.1, 0.15) is 0 Å². The Balaban J connectivity index is 1.41. The molecule has 2 fully saturated rings. The minimum Gasteiger partial charge on any atom is -0.339 e. The molecule has 2 heterocycles. The fourth-order valence-electron chi connectivity index (χ4n) is 3.53. The lowest BCUT2D eigenvalue weighted by Gasteiger charge is -2.37. The summed E-state index contributed by atoms with van der Waals surface area (Å²) in [6.07, 6.45) is 4.23. The summed E-state index contributed by atoms with van der Waals surface area (Å²) in [5.41, 5.74) is 1.17. The third-order valence-electron chi connectivity index (χ3n) is 5.33. The van der Waals surface area contributed by atoms with E-state index in [1.165, 1.54) is 12.5 Å². The number of nitrogens with zero attached hydrogens (tertiary/aromatic N) is 4. The van der Waals surface area contributed by atoms with Crippen LogP contribution in [0.5, 0.6) is 0 Å². The molecule has 1 aromatic rings. The lowest BCUT2D eigenvalue weighted by Crippen LogP contribution is -2.56. The standard InChI is InChI=1S/C21H28N4O3/c1-18(26)23-14-16-25(17-15-23)21(28)20(27)24-12-10-22(11-13-24)9-5-8-19-6-3-2-4-7-19/h2-8H,9-17H2,1H3/b8-5+. The van der Waals surface area contributed by atoms with Gasteiger partial charge >= 0.3 is 11.8 Å². The van der Waals surface area contributed by atoms with Crippen molar-refractivity contribution in [3.05, 3.63) is 42.0 Å². The van der Waals surface area contributed by atoms with Gasteiger partial charge in [-0.2, -0.15) is 0 Å². The van der Waals surface area contributed by atoms with E-state index in [4.69, 9.17) is 0 Å². The monoisotopic (exact) mass is 384 g/mol. The van der Waals surface area contributed by atoms with Crippen LogP contribution in [0.15, 0.2) is 36.4 Å². The molecule has 1 aromatic carbocycles. The molecule has 3 amide bonds. The van der Waals surface area contributed by atoms with Crippen molar-refractivity contribution in [1.82, 2.24) is 19.6 Å². The Bertz CT molecular complexity index is 718. The van der Waals surface area contributed by atoms with Gasteiger partial charge in [0, 0.05) is 65.8 Å². The maximum Gasteiger partial charge on any atom is 0.312 e. The summed E-state index contributed by atoms with van der Waals surface area (Å²) < 4.78 is 0. The van der Waals surface area contributed by atoms with E-state index in [0.29, 0.717) is 39.3 Å². The van der Waals surface area contributed by atoms with E-state index >= 15 is 0 Å². The summed E-state index contributed by atoms with van der Waals surface area (Å²) in [7, 11) is 0. The highest BCUT2D eigenvalue weighted by Crippen LogP contribution is 2.08. The maximum absolute atomic E-state index is 12.5. The van der Waals surface area contributed by atoms with Crippen molar-refractivity contribution in [2.45, 2.75) is 6.92 Å². The summed E-state index contributed by atoms with van der Waals surface area (Å²) in [6.45, 7) is 6.85. The Labute approximate surface area is 166 Å². The Kier molecular flexibility index (Phi) is 6.81. The fraction of sp³-hybridized carbons (Fsp3) is 0.476. The van der Waals surface area contributed by atoms with Gasteiger partial charge in [0.05, 0.1) is 0 Å². The summed E-state index contributed by atoms with van der Waals surface area (Å²) in [4.78, 5) is 43.6. The third-order valence-corrected chi connectivity index (χ3v) is 5.33. The Morgan fingerprint density at radius 3 is 1.82 bits per heavy atom. The van der Waals surface area contributed by atoms with Gasteiger partial charge in [-0.25, -0.2) is 0 Å². The number of carbonyl (C=O) groups excluding carboxylic acids is 3. The van der Waals surface area contributed by atoms with Crippen LogP contribution in [0.25, 0.3) is 6.08 Å². The topological polar surface area (TPSA) is 64.2 Å². The Morgan fingerprint density at radius 2 is 1.29 bits per heavy atom. The number of benzene rings is 1. The van der Waals surface area contributed by atoms with Crippen molar-refractivity contribution in [3.8, 4) is 0 Å². The molecule has 0 aromatic heterocycles. The minimum atomic E-state index is -0.444. The van der Waals surface area contributed by atoms with E-state index in [1.54, 1.807) is 14.7 Å². The Hall–Kier alpha value is -2.67. The van der Waals surface area contributed by atoms with E-state index in [1.807, 2.05) is 18.2 Å². The zero-order chi connectivity index (χ0) is 19.9. The molecule has 0 radical (unpaired) electrons. The molecule has 150 valence electrons. The highest BCUT2D eigenvalue weighted by molar-refractivity contribution is 6.34. The second-order valence-corrected chi connectivity index (χ2v) is 7.20. The molecule has 0 N–H and O–H groups in total. The van der Waals surface area contributed by atoms with Crippen molar-refractivity contribution in [2.24, 2.45) is 0 Å². The first kappa shape index (κ1) is 20.1. The molecule has 0 aliphatic carbocycles. The molecule has 0 unspecified atom stereocenters. The van der Waals surface area contributed by atoms with Crippen molar-refractivity contribution in [2.75, 3.05) is 58.9 Å². The van der Waals surface area contributed by atoms with Crippen LogP contribution in [0.4, 0.5) is 0 Å². The molecule has 0 bridgehead atoms. The fourth-order valence-corrected chi connectivity index (χ4v) is 3.53. The number of hydrogen-bond donors (Lipinski definition) is 0. The third kappa shape index (κ3) is 5.19. The lowest BCUT2D eigenvalue weighted by molar-refractivity contribution is -0.154. The van der Waals surface area contributed by atoms with Crippen LogP contribution in [0.3, 0.4) is 0 Å². The van der Waals surface area contributed by atoms with Crippen LogP contribution in [0.1, 0.15) is 12.5 Å². The quantitative estimate of drug-likeness (QED) is 0.714. The number of amides is 3. The minimum absolute atomic E-state index is 0.0101. The van der Waals surface area contributed by atoms with Crippen molar-refractivity contribution in [1.29, 1.82) is 0 Å². The van der Waals surface area contributed by atoms with E-state index in [2.05, 4.69) is 29.2 Å². The normalized spacial score (nSPS) is 18.5. The van der Waals surface area contributed by atoms with Crippen LogP contribution >= 0.6 is 0 Å². The number of piperazine rings is 2. The van der Waals surface area contributed by atoms with Gasteiger partial charge < -0.3 is 14.7 Å². The summed E-state index contributed by atoms with van der Waals surface area (Å²) in [5.74, 6) is -0.854. The average molecular weight is 384 g/mol. The highest BCUT2D eigenvalue weighted by Gasteiger charge is 2.31. The SMILES string of the molecule is CC(=O)N1CCN(C(=O)C(=O)N2CCN(C/C=C/c3ccccc3)CC2)CC1. The van der Waals surface area contributed by atoms with Crippen LogP contribution in [-0.4, -0.2) is 96.2 Å². The molecular weight excluding hydrogens is 356 g/mol. The first-order valence-corrected chi connectivity index (χ1v) is 9.82.